The Hall–Kier alpha value is -1.48. The van der Waals surface area contributed by atoms with Crippen molar-refractivity contribution < 1.29 is 9.53 Å². The van der Waals surface area contributed by atoms with Crippen molar-refractivity contribution in [1.29, 1.82) is 0 Å². The van der Waals surface area contributed by atoms with Crippen LogP contribution in [-0.4, -0.2) is 18.6 Å². The molecular weight excluding hydrogens is 262 g/mol. The second kappa shape index (κ2) is 6.11. The number of halogens is 1. The molecule has 0 aliphatic carbocycles. The lowest BCUT2D eigenvalue weighted by atomic mass is 10.1. The summed E-state index contributed by atoms with van der Waals surface area (Å²) < 4.78 is 5.57. The van der Waals surface area contributed by atoms with Crippen LogP contribution in [0.2, 0.25) is 5.02 Å². The predicted octanol–water partition coefficient (Wildman–Crippen LogP) is 3.42. The summed E-state index contributed by atoms with van der Waals surface area (Å²) in [6.07, 6.45) is 3.71. The first-order valence-corrected chi connectivity index (χ1v) is 6.95. The molecule has 0 saturated heterocycles. The summed E-state index contributed by atoms with van der Waals surface area (Å²) in [5.74, 6) is 0.711. The molecule has 0 aromatic heterocycles. The van der Waals surface area contributed by atoms with Crippen LogP contribution in [0.5, 0.6) is 5.75 Å². The molecule has 0 atom stereocenters. The van der Waals surface area contributed by atoms with E-state index in [9.17, 15) is 4.79 Å². The van der Waals surface area contributed by atoms with Gasteiger partial charge in [-0.2, -0.15) is 0 Å². The molecule has 1 heterocycles. The molecule has 0 bridgehead atoms. The Labute approximate surface area is 118 Å². The number of nitrogens with one attached hydrogen (secondary N) is 1. The number of hydrogen-bond acceptors (Lipinski definition) is 2. The van der Waals surface area contributed by atoms with Crippen molar-refractivity contribution in [2.24, 2.45) is 0 Å². The first-order valence-electron chi connectivity index (χ1n) is 6.57. The van der Waals surface area contributed by atoms with E-state index < -0.39 is 0 Å². The summed E-state index contributed by atoms with van der Waals surface area (Å²) >= 11 is 5.95. The molecular formula is C15H18ClNO2. The Bertz CT molecular complexity index is 507. The first-order chi connectivity index (χ1) is 9.13. The van der Waals surface area contributed by atoms with E-state index in [4.69, 9.17) is 16.3 Å². The van der Waals surface area contributed by atoms with Gasteiger partial charge in [-0.1, -0.05) is 25.4 Å². The van der Waals surface area contributed by atoms with Gasteiger partial charge in [0.2, 0.25) is 0 Å². The fraction of sp³-hybridized carbons (Fsp3) is 0.400. The Morgan fingerprint density at radius 3 is 2.84 bits per heavy atom. The molecule has 0 spiro atoms. The number of benzene rings is 1. The van der Waals surface area contributed by atoms with Crippen molar-refractivity contribution in [2.45, 2.75) is 32.7 Å². The standard InChI is InChI=1S/C15H18ClNO2/c1-3-13(4-2)17-15(18)11-7-10-8-12(16)5-6-14(10)19-9-11/h5-8,13H,3-4,9H2,1-2H3,(H,17,18). The highest BCUT2D eigenvalue weighted by Crippen LogP contribution is 2.29. The SMILES string of the molecule is CCC(CC)NC(=O)C1=Cc2cc(Cl)ccc2OC1. The molecule has 102 valence electrons. The third kappa shape index (κ3) is 3.29. The van der Waals surface area contributed by atoms with Gasteiger partial charge in [0.25, 0.3) is 5.91 Å². The normalized spacial score (nSPS) is 13.6. The maximum absolute atomic E-state index is 12.1. The summed E-state index contributed by atoms with van der Waals surface area (Å²) in [5, 5.41) is 3.65. The number of rotatable bonds is 4. The molecule has 1 aliphatic rings. The highest BCUT2D eigenvalue weighted by Gasteiger charge is 2.19. The zero-order valence-corrected chi connectivity index (χ0v) is 12.0. The lowest BCUT2D eigenvalue weighted by Crippen LogP contribution is -2.36. The fourth-order valence-electron chi connectivity index (χ4n) is 2.05. The van der Waals surface area contributed by atoms with Gasteiger partial charge in [0, 0.05) is 16.6 Å². The second-order valence-corrected chi connectivity index (χ2v) is 5.06. The fourth-order valence-corrected chi connectivity index (χ4v) is 2.23. The lowest BCUT2D eigenvalue weighted by molar-refractivity contribution is -0.118. The van der Waals surface area contributed by atoms with Gasteiger partial charge in [0.05, 0.1) is 5.57 Å². The van der Waals surface area contributed by atoms with Crippen LogP contribution in [0, 0.1) is 0 Å². The molecule has 2 rings (SSSR count). The number of carbonyl (C=O) groups excluding carboxylic acids is 1. The van der Waals surface area contributed by atoms with Gasteiger partial charge in [0.1, 0.15) is 12.4 Å². The minimum absolute atomic E-state index is 0.0562. The average Bonchev–Trinajstić information content (AvgIpc) is 2.43. The summed E-state index contributed by atoms with van der Waals surface area (Å²) in [6.45, 7) is 4.44. The Kier molecular flexibility index (Phi) is 4.48. The van der Waals surface area contributed by atoms with E-state index in [0.717, 1.165) is 24.2 Å². The molecule has 1 aromatic carbocycles. The van der Waals surface area contributed by atoms with Gasteiger partial charge in [-0.25, -0.2) is 0 Å². The molecule has 1 amide bonds. The van der Waals surface area contributed by atoms with Crippen molar-refractivity contribution in [3.8, 4) is 5.75 Å². The molecule has 0 unspecified atom stereocenters. The van der Waals surface area contributed by atoms with Crippen molar-refractivity contribution >= 4 is 23.6 Å². The maximum Gasteiger partial charge on any atom is 0.250 e. The Balaban J connectivity index is 2.16. The van der Waals surface area contributed by atoms with E-state index in [0.29, 0.717) is 17.2 Å². The van der Waals surface area contributed by atoms with E-state index in [2.05, 4.69) is 19.2 Å². The average molecular weight is 280 g/mol. The van der Waals surface area contributed by atoms with Crippen LogP contribution in [0.15, 0.2) is 23.8 Å². The van der Waals surface area contributed by atoms with Gasteiger partial charge >= 0.3 is 0 Å². The molecule has 0 radical (unpaired) electrons. The quantitative estimate of drug-likeness (QED) is 0.917. The van der Waals surface area contributed by atoms with Crippen LogP contribution in [0.3, 0.4) is 0 Å². The molecule has 0 saturated carbocycles. The first kappa shape index (κ1) is 13.9. The molecule has 1 aliphatic heterocycles. The Morgan fingerprint density at radius 2 is 2.16 bits per heavy atom. The maximum atomic E-state index is 12.1. The van der Waals surface area contributed by atoms with Crippen LogP contribution < -0.4 is 10.1 Å². The van der Waals surface area contributed by atoms with Gasteiger partial charge in [-0.05, 0) is 37.1 Å². The summed E-state index contributed by atoms with van der Waals surface area (Å²) in [4.78, 5) is 12.1. The highest BCUT2D eigenvalue weighted by molar-refractivity contribution is 6.30. The largest absolute Gasteiger partial charge is 0.488 e. The monoisotopic (exact) mass is 279 g/mol. The van der Waals surface area contributed by atoms with E-state index >= 15 is 0 Å². The third-order valence-corrected chi connectivity index (χ3v) is 3.53. The zero-order valence-electron chi connectivity index (χ0n) is 11.2. The van der Waals surface area contributed by atoms with Gasteiger partial charge in [0.15, 0.2) is 0 Å². The Morgan fingerprint density at radius 1 is 1.42 bits per heavy atom. The van der Waals surface area contributed by atoms with Crippen LogP contribution in [-0.2, 0) is 4.79 Å². The smallest absolute Gasteiger partial charge is 0.250 e. The van der Waals surface area contributed by atoms with Gasteiger partial charge in [-0.15, -0.1) is 0 Å². The molecule has 1 aromatic rings. The highest BCUT2D eigenvalue weighted by atomic mass is 35.5. The minimum Gasteiger partial charge on any atom is -0.488 e. The molecule has 4 heteroatoms. The van der Waals surface area contributed by atoms with Gasteiger partial charge in [-0.3, -0.25) is 4.79 Å². The number of amides is 1. The van der Waals surface area contributed by atoms with Crippen LogP contribution in [0.1, 0.15) is 32.3 Å². The summed E-state index contributed by atoms with van der Waals surface area (Å²) in [5.41, 5.74) is 1.50. The van der Waals surface area contributed by atoms with E-state index in [-0.39, 0.29) is 11.9 Å². The van der Waals surface area contributed by atoms with E-state index in [1.807, 2.05) is 12.1 Å². The number of carbonyl (C=O) groups is 1. The second-order valence-electron chi connectivity index (χ2n) is 4.63. The van der Waals surface area contributed by atoms with Crippen molar-refractivity contribution in [3.05, 3.63) is 34.4 Å². The molecule has 0 fully saturated rings. The summed E-state index contributed by atoms with van der Waals surface area (Å²) in [6, 6.07) is 5.63. The van der Waals surface area contributed by atoms with E-state index in [1.165, 1.54) is 0 Å². The lowest BCUT2D eigenvalue weighted by Gasteiger charge is -2.20. The third-order valence-electron chi connectivity index (χ3n) is 3.30. The van der Waals surface area contributed by atoms with Crippen LogP contribution in [0.25, 0.3) is 6.08 Å². The zero-order chi connectivity index (χ0) is 13.8. The van der Waals surface area contributed by atoms with Crippen molar-refractivity contribution in [2.75, 3.05) is 6.61 Å². The molecule has 3 nitrogen and oxygen atoms in total. The van der Waals surface area contributed by atoms with Crippen LogP contribution in [0.4, 0.5) is 0 Å². The van der Waals surface area contributed by atoms with Crippen molar-refractivity contribution in [3.63, 3.8) is 0 Å². The minimum atomic E-state index is -0.0562. The summed E-state index contributed by atoms with van der Waals surface area (Å²) in [7, 11) is 0. The molecule has 19 heavy (non-hydrogen) atoms. The topological polar surface area (TPSA) is 38.3 Å². The predicted molar refractivity (Wildman–Crippen MR) is 77.4 cm³/mol. The molecule has 1 N–H and O–H groups in total. The number of ether oxygens (including phenoxy) is 1. The number of fused-ring (bicyclic) bond motifs is 1. The number of hydrogen-bond donors (Lipinski definition) is 1. The van der Waals surface area contributed by atoms with E-state index in [1.54, 1.807) is 12.1 Å². The van der Waals surface area contributed by atoms with Gasteiger partial charge < -0.3 is 10.1 Å². The van der Waals surface area contributed by atoms with Crippen molar-refractivity contribution in [1.82, 2.24) is 5.32 Å². The van der Waals surface area contributed by atoms with Crippen LogP contribution >= 0.6 is 11.6 Å².